The van der Waals surface area contributed by atoms with Gasteiger partial charge in [0.15, 0.2) is 17.2 Å². The molecule has 2 atom stereocenters. The van der Waals surface area contributed by atoms with E-state index in [1.165, 1.54) is 12.3 Å². The van der Waals surface area contributed by atoms with E-state index in [0.29, 0.717) is 12.2 Å². The minimum absolute atomic E-state index is 0.0366. The van der Waals surface area contributed by atoms with Crippen LogP contribution in [0.2, 0.25) is 0 Å². The van der Waals surface area contributed by atoms with Gasteiger partial charge in [-0.15, -0.1) is 0 Å². The summed E-state index contributed by atoms with van der Waals surface area (Å²) in [6.07, 6.45) is -3.02. The number of halogens is 5. The van der Waals surface area contributed by atoms with Crippen molar-refractivity contribution in [2.75, 3.05) is 5.32 Å². The lowest BCUT2D eigenvalue weighted by Gasteiger charge is -2.44. The average molecular weight is 465 g/mol. The van der Waals surface area contributed by atoms with E-state index in [9.17, 15) is 32.2 Å². The number of nitrogens with zero attached hydrogens (tertiary/aromatic N) is 2. The van der Waals surface area contributed by atoms with Gasteiger partial charge in [-0.3, -0.25) is 0 Å². The molecule has 1 aliphatic rings. The molecule has 10 heteroatoms. The second-order valence-electron chi connectivity index (χ2n) is 7.98. The Labute approximate surface area is 185 Å². The largest absolute Gasteiger partial charge is 0.504 e. The molecule has 3 N–H and O–H groups in total. The highest BCUT2D eigenvalue weighted by molar-refractivity contribution is 5.91. The lowest BCUT2D eigenvalue weighted by molar-refractivity contribution is -0.265. The average Bonchev–Trinajstić information content (AvgIpc) is 2.71. The lowest BCUT2D eigenvalue weighted by atomic mass is 9.72. The van der Waals surface area contributed by atoms with E-state index in [-0.39, 0.29) is 33.3 Å². The van der Waals surface area contributed by atoms with Crippen molar-refractivity contribution in [3.8, 4) is 5.75 Å². The Balaban J connectivity index is 1.98. The summed E-state index contributed by atoms with van der Waals surface area (Å²) < 4.78 is 71.2. The number of nitrogens with one attached hydrogen (secondary N) is 1. The Kier molecular flexibility index (Phi) is 5.52. The summed E-state index contributed by atoms with van der Waals surface area (Å²) in [4.78, 5) is 8.13. The van der Waals surface area contributed by atoms with Crippen molar-refractivity contribution in [3.05, 3.63) is 65.1 Å². The van der Waals surface area contributed by atoms with E-state index in [4.69, 9.17) is 0 Å². The van der Waals surface area contributed by atoms with Crippen molar-refractivity contribution in [2.24, 2.45) is 0 Å². The molecule has 4 rings (SSSR count). The molecule has 1 aliphatic carbocycles. The number of benzene rings is 2. The van der Waals surface area contributed by atoms with Gasteiger partial charge in [0.25, 0.3) is 0 Å². The Bertz CT molecular complexity index is 1270. The Morgan fingerprint density at radius 2 is 1.97 bits per heavy atom. The van der Waals surface area contributed by atoms with Crippen LogP contribution >= 0.6 is 0 Å². The maximum absolute atomic E-state index is 14.3. The molecular formula is C23H20F5N3O2. The molecule has 1 heterocycles. The second kappa shape index (κ2) is 7.95. The van der Waals surface area contributed by atoms with E-state index in [1.54, 1.807) is 13.8 Å². The van der Waals surface area contributed by atoms with Crippen LogP contribution in [-0.4, -0.2) is 32.0 Å². The molecule has 0 unspecified atom stereocenters. The summed E-state index contributed by atoms with van der Waals surface area (Å²) in [5.41, 5.74) is -3.61. The molecule has 0 spiro atoms. The highest BCUT2D eigenvalue weighted by atomic mass is 19.4. The number of phenols is 1. The number of alkyl halides is 3. The van der Waals surface area contributed by atoms with Crippen LogP contribution in [-0.2, 0) is 0 Å². The zero-order valence-corrected chi connectivity index (χ0v) is 17.6. The van der Waals surface area contributed by atoms with Crippen LogP contribution < -0.4 is 5.32 Å². The van der Waals surface area contributed by atoms with Crippen LogP contribution in [0, 0.1) is 18.6 Å². The fraction of sp³-hybridized carbons (Fsp3) is 0.304. The van der Waals surface area contributed by atoms with Gasteiger partial charge >= 0.3 is 6.18 Å². The van der Waals surface area contributed by atoms with E-state index in [1.807, 2.05) is 0 Å². The molecule has 33 heavy (non-hydrogen) atoms. The van der Waals surface area contributed by atoms with E-state index < -0.39 is 41.6 Å². The lowest BCUT2D eigenvalue weighted by Crippen LogP contribution is -2.54. The summed E-state index contributed by atoms with van der Waals surface area (Å²) >= 11 is 0. The van der Waals surface area contributed by atoms with Gasteiger partial charge < -0.3 is 15.5 Å². The standard InChI is InChI=1S/C23H20F5N3O2/c1-3-4-12-9-22(33,23(26,27)28)21(14-5-6-16(25)20(32)19(12)14)31-18-8-13(24)7-17-15(18)10-29-11(2)30-17/h4-8,10,21,31-33H,3,9H2,1-2H3/b12-4-/t21-,22+/m0/s1. The molecular weight excluding hydrogens is 445 g/mol. The number of fused-ring (bicyclic) bond motifs is 2. The smallest absolute Gasteiger partial charge is 0.419 e. The monoisotopic (exact) mass is 465 g/mol. The number of hydrogen-bond acceptors (Lipinski definition) is 5. The first-order chi connectivity index (χ1) is 15.5. The number of aromatic nitrogens is 2. The number of aryl methyl sites for hydroxylation is 1. The quantitative estimate of drug-likeness (QED) is 0.441. The normalized spacial score (nSPS) is 21.9. The molecule has 2 aromatic carbocycles. The van der Waals surface area contributed by atoms with E-state index in [0.717, 1.165) is 24.3 Å². The van der Waals surface area contributed by atoms with E-state index in [2.05, 4.69) is 15.3 Å². The van der Waals surface area contributed by atoms with Crippen molar-refractivity contribution >= 4 is 22.2 Å². The van der Waals surface area contributed by atoms with Crippen LogP contribution in [0.15, 0.2) is 36.5 Å². The molecule has 0 bridgehead atoms. The SMILES string of the molecule is CC/C=C1/C[C@](O)(C(F)(F)F)[C@@H](Nc2cc(F)cc3nc(C)ncc23)c2ccc(F)c(O)c21. The third-order valence-corrected chi connectivity index (χ3v) is 5.76. The molecule has 174 valence electrons. The molecule has 5 nitrogen and oxygen atoms in total. The minimum atomic E-state index is -5.12. The molecule has 0 fully saturated rings. The van der Waals surface area contributed by atoms with Gasteiger partial charge in [-0.25, -0.2) is 18.7 Å². The van der Waals surface area contributed by atoms with Gasteiger partial charge in [0, 0.05) is 35.3 Å². The van der Waals surface area contributed by atoms with Crippen molar-refractivity contribution in [1.29, 1.82) is 0 Å². The van der Waals surface area contributed by atoms with Gasteiger partial charge in [-0.2, -0.15) is 13.2 Å². The summed E-state index contributed by atoms with van der Waals surface area (Å²) in [5, 5.41) is 24.2. The second-order valence-corrected chi connectivity index (χ2v) is 7.98. The summed E-state index contributed by atoms with van der Waals surface area (Å²) in [6, 6.07) is 2.09. The zero-order chi connectivity index (χ0) is 24.1. The van der Waals surface area contributed by atoms with Crippen molar-refractivity contribution in [2.45, 2.75) is 44.5 Å². The topological polar surface area (TPSA) is 78.3 Å². The van der Waals surface area contributed by atoms with Crippen LogP contribution in [0.25, 0.3) is 16.5 Å². The molecule has 0 amide bonds. The number of aromatic hydroxyl groups is 1. The number of rotatable bonds is 3. The van der Waals surface area contributed by atoms with Gasteiger partial charge in [0.05, 0.1) is 11.6 Å². The first-order valence-electron chi connectivity index (χ1n) is 10.2. The number of aliphatic hydroxyl groups is 1. The highest BCUT2D eigenvalue weighted by Crippen LogP contribution is 2.54. The Morgan fingerprint density at radius 3 is 2.64 bits per heavy atom. The molecule has 1 aromatic heterocycles. The van der Waals surface area contributed by atoms with Gasteiger partial charge in [-0.1, -0.05) is 19.1 Å². The number of phenolic OH excluding ortho intramolecular Hbond substituents is 1. The Hall–Kier alpha value is -3.27. The fourth-order valence-electron chi connectivity index (χ4n) is 4.25. The molecule has 0 aliphatic heterocycles. The summed E-state index contributed by atoms with van der Waals surface area (Å²) in [7, 11) is 0. The number of hydrogen-bond donors (Lipinski definition) is 3. The molecule has 0 radical (unpaired) electrons. The number of allylic oxidation sites excluding steroid dienone is 1. The predicted octanol–water partition coefficient (Wildman–Crippen LogP) is 5.57. The summed E-state index contributed by atoms with van der Waals surface area (Å²) in [6.45, 7) is 3.25. The maximum atomic E-state index is 14.3. The highest BCUT2D eigenvalue weighted by Gasteiger charge is 2.62. The van der Waals surface area contributed by atoms with Crippen molar-refractivity contribution < 1.29 is 32.2 Å². The molecule has 3 aromatic rings. The molecule has 0 saturated carbocycles. The maximum Gasteiger partial charge on any atom is 0.419 e. The van der Waals surface area contributed by atoms with Crippen LogP contribution in [0.5, 0.6) is 5.75 Å². The predicted molar refractivity (Wildman–Crippen MR) is 113 cm³/mol. The van der Waals surface area contributed by atoms with Crippen LogP contribution in [0.4, 0.5) is 27.6 Å². The zero-order valence-electron chi connectivity index (χ0n) is 17.6. The van der Waals surface area contributed by atoms with Crippen molar-refractivity contribution in [1.82, 2.24) is 9.97 Å². The third kappa shape index (κ3) is 3.78. The third-order valence-electron chi connectivity index (χ3n) is 5.76. The van der Waals surface area contributed by atoms with Crippen molar-refractivity contribution in [3.63, 3.8) is 0 Å². The number of anilines is 1. The van der Waals surface area contributed by atoms with Gasteiger partial charge in [-0.05, 0) is 36.6 Å². The first kappa shape index (κ1) is 22.9. The first-order valence-corrected chi connectivity index (χ1v) is 10.2. The fourth-order valence-corrected chi connectivity index (χ4v) is 4.25. The minimum Gasteiger partial charge on any atom is -0.504 e. The van der Waals surface area contributed by atoms with Crippen LogP contribution in [0.1, 0.15) is 42.8 Å². The van der Waals surface area contributed by atoms with E-state index >= 15 is 0 Å². The van der Waals surface area contributed by atoms with Gasteiger partial charge in [0.2, 0.25) is 0 Å². The Morgan fingerprint density at radius 1 is 1.24 bits per heavy atom. The summed E-state index contributed by atoms with van der Waals surface area (Å²) in [5.74, 6) is -2.25. The van der Waals surface area contributed by atoms with Crippen LogP contribution in [0.3, 0.4) is 0 Å². The van der Waals surface area contributed by atoms with Gasteiger partial charge in [0.1, 0.15) is 11.6 Å². The molecule has 0 saturated heterocycles.